The molecular weight excluding hydrogens is 398 g/mol. The molecule has 3 aromatic rings. The molecule has 0 unspecified atom stereocenters. The lowest BCUT2D eigenvalue weighted by Gasteiger charge is -2.34. The fourth-order valence-corrected chi connectivity index (χ4v) is 5.16. The van der Waals surface area contributed by atoms with E-state index in [0.717, 1.165) is 37.2 Å². The molecule has 0 spiro atoms. The van der Waals surface area contributed by atoms with Crippen molar-refractivity contribution >= 4 is 5.91 Å². The summed E-state index contributed by atoms with van der Waals surface area (Å²) < 4.78 is 1.82. The minimum Gasteiger partial charge on any atom is -0.337 e. The molecule has 1 atom stereocenters. The first-order valence-electron chi connectivity index (χ1n) is 11.8. The molecule has 0 aliphatic carbocycles. The van der Waals surface area contributed by atoms with Crippen molar-refractivity contribution in [3.05, 3.63) is 83.7 Å². The molecule has 2 aliphatic rings. The molecule has 0 saturated carbocycles. The van der Waals surface area contributed by atoms with Gasteiger partial charge in [-0.2, -0.15) is 0 Å². The molecule has 3 heterocycles. The van der Waals surface area contributed by atoms with Gasteiger partial charge in [0.2, 0.25) is 0 Å². The molecule has 32 heavy (non-hydrogen) atoms. The summed E-state index contributed by atoms with van der Waals surface area (Å²) in [7, 11) is 0. The lowest BCUT2D eigenvalue weighted by atomic mass is 9.97. The normalized spacial score (nSPS) is 19.5. The van der Waals surface area contributed by atoms with Crippen molar-refractivity contribution in [2.75, 3.05) is 32.7 Å². The van der Waals surface area contributed by atoms with Crippen LogP contribution in [0.15, 0.2) is 66.9 Å². The maximum atomic E-state index is 13.3. The summed E-state index contributed by atoms with van der Waals surface area (Å²) in [4.78, 5) is 17.8. The Hall–Kier alpha value is -2.99. The van der Waals surface area contributed by atoms with Crippen LogP contribution in [0.25, 0.3) is 0 Å². The molecule has 0 radical (unpaired) electrons. The molecule has 0 bridgehead atoms. The second-order valence-corrected chi connectivity index (χ2v) is 9.07. The number of carbonyl (C=O) groups excluding carboxylic acids is 1. The van der Waals surface area contributed by atoms with E-state index in [1.807, 2.05) is 52.2 Å². The molecule has 166 valence electrons. The smallest absolute Gasteiger partial charge is 0.276 e. The topological polar surface area (TPSA) is 54.3 Å². The number of benzene rings is 2. The Labute approximate surface area is 189 Å². The van der Waals surface area contributed by atoms with Gasteiger partial charge >= 0.3 is 0 Å². The number of piperidine rings is 1. The Bertz CT molecular complexity index is 973. The van der Waals surface area contributed by atoms with Crippen LogP contribution in [-0.2, 0) is 0 Å². The summed E-state index contributed by atoms with van der Waals surface area (Å²) in [5, 5.41) is 8.70. The zero-order valence-corrected chi connectivity index (χ0v) is 18.5. The van der Waals surface area contributed by atoms with Crippen molar-refractivity contribution in [3.63, 3.8) is 0 Å². The molecule has 2 aliphatic heterocycles. The summed E-state index contributed by atoms with van der Waals surface area (Å²) >= 11 is 0. The van der Waals surface area contributed by atoms with Crippen LogP contribution in [0.4, 0.5) is 0 Å². The van der Waals surface area contributed by atoms with Crippen molar-refractivity contribution in [2.24, 2.45) is 5.92 Å². The quantitative estimate of drug-likeness (QED) is 0.597. The van der Waals surface area contributed by atoms with Crippen LogP contribution in [0.5, 0.6) is 0 Å². The Morgan fingerprint density at radius 2 is 1.56 bits per heavy atom. The monoisotopic (exact) mass is 429 g/mol. The van der Waals surface area contributed by atoms with Crippen molar-refractivity contribution in [3.8, 4) is 0 Å². The Balaban J connectivity index is 1.34. The van der Waals surface area contributed by atoms with Crippen LogP contribution in [0, 0.1) is 5.92 Å². The van der Waals surface area contributed by atoms with Gasteiger partial charge in [-0.25, -0.2) is 4.68 Å². The predicted molar refractivity (Wildman–Crippen MR) is 124 cm³/mol. The fourth-order valence-electron chi connectivity index (χ4n) is 5.16. The zero-order valence-electron chi connectivity index (χ0n) is 18.5. The number of carbonyl (C=O) groups is 1. The second-order valence-electron chi connectivity index (χ2n) is 9.07. The van der Waals surface area contributed by atoms with Gasteiger partial charge < -0.3 is 9.80 Å². The lowest BCUT2D eigenvalue weighted by Crippen LogP contribution is -2.43. The van der Waals surface area contributed by atoms with Gasteiger partial charge in [0.05, 0.1) is 6.20 Å². The number of nitrogens with zero attached hydrogens (tertiary/aromatic N) is 5. The predicted octanol–water partition coefficient (Wildman–Crippen LogP) is 3.86. The number of aromatic nitrogens is 3. The third-order valence-corrected chi connectivity index (χ3v) is 6.75. The van der Waals surface area contributed by atoms with Crippen LogP contribution in [0.3, 0.4) is 0 Å². The van der Waals surface area contributed by atoms with Crippen molar-refractivity contribution in [1.82, 2.24) is 24.8 Å². The van der Waals surface area contributed by atoms with Crippen molar-refractivity contribution < 1.29 is 4.79 Å². The van der Waals surface area contributed by atoms with Crippen LogP contribution in [0.1, 0.15) is 53.3 Å². The van der Waals surface area contributed by atoms with Gasteiger partial charge in [-0.05, 0) is 55.8 Å². The minimum absolute atomic E-state index is 0.00208. The first kappa shape index (κ1) is 20.9. The van der Waals surface area contributed by atoms with Crippen LogP contribution in [-0.4, -0.2) is 63.4 Å². The summed E-state index contributed by atoms with van der Waals surface area (Å²) in [5.74, 6) is 0.560. The molecule has 2 saturated heterocycles. The average molecular weight is 430 g/mol. The standard InChI is InChI=1S/C26H31N5O/c32-26(30-17-9-10-21(19-30)18-29-15-7-8-16-29)24-20-31(28-27-24)25(22-11-3-1-4-12-22)23-13-5-2-6-14-23/h1-6,11-14,20-21,25H,7-10,15-19H2/t21-/m0/s1. The molecule has 6 heteroatoms. The van der Waals surface area contributed by atoms with E-state index in [9.17, 15) is 4.79 Å². The van der Waals surface area contributed by atoms with E-state index < -0.39 is 0 Å². The van der Waals surface area contributed by atoms with Gasteiger partial charge in [-0.3, -0.25) is 4.79 Å². The minimum atomic E-state index is -0.115. The summed E-state index contributed by atoms with van der Waals surface area (Å²) in [6, 6.07) is 20.4. The number of hydrogen-bond acceptors (Lipinski definition) is 4. The molecule has 1 amide bonds. The molecule has 1 aromatic heterocycles. The van der Waals surface area contributed by atoms with Gasteiger partial charge in [0.1, 0.15) is 6.04 Å². The summed E-state index contributed by atoms with van der Waals surface area (Å²) in [6.45, 7) is 5.16. The van der Waals surface area contributed by atoms with Gasteiger partial charge in [0, 0.05) is 19.6 Å². The third kappa shape index (κ3) is 4.60. The molecule has 5 rings (SSSR count). The van der Waals surface area contributed by atoms with E-state index in [4.69, 9.17) is 0 Å². The van der Waals surface area contributed by atoms with Crippen LogP contribution < -0.4 is 0 Å². The highest BCUT2D eigenvalue weighted by Crippen LogP contribution is 2.26. The second kappa shape index (κ2) is 9.65. The number of amides is 1. The Kier molecular flexibility index (Phi) is 6.30. The molecule has 0 N–H and O–H groups in total. The maximum absolute atomic E-state index is 13.3. The number of hydrogen-bond donors (Lipinski definition) is 0. The highest BCUT2D eigenvalue weighted by Gasteiger charge is 2.29. The van der Waals surface area contributed by atoms with E-state index >= 15 is 0 Å². The largest absolute Gasteiger partial charge is 0.337 e. The zero-order chi connectivity index (χ0) is 21.8. The average Bonchev–Trinajstić information content (AvgIpc) is 3.53. The van der Waals surface area contributed by atoms with Gasteiger partial charge in [-0.1, -0.05) is 65.9 Å². The molecule has 6 nitrogen and oxygen atoms in total. The van der Waals surface area contributed by atoms with Gasteiger partial charge in [0.25, 0.3) is 5.91 Å². The highest BCUT2D eigenvalue weighted by molar-refractivity contribution is 5.92. The third-order valence-electron chi connectivity index (χ3n) is 6.75. The van der Waals surface area contributed by atoms with Crippen LogP contribution >= 0.6 is 0 Å². The molecule has 2 fully saturated rings. The van der Waals surface area contributed by atoms with Crippen LogP contribution in [0.2, 0.25) is 0 Å². The van der Waals surface area contributed by atoms with E-state index in [1.54, 1.807) is 0 Å². The van der Waals surface area contributed by atoms with Crippen molar-refractivity contribution in [2.45, 2.75) is 31.7 Å². The van der Waals surface area contributed by atoms with Crippen molar-refractivity contribution in [1.29, 1.82) is 0 Å². The van der Waals surface area contributed by atoms with Gasteiger partial charge in [-0.15, -0.1) is 5.10 Å². The van der Waals surface area contributed by atoms with E-state index in [1.165, 1.54) is 32.4 Å². The molecule has 2 aromatic carbocycles. The first-order valence-corrected chi connectivity index (χ1v) is 11.8. The van der Waals surface area contributed by atoms with E-state index in [2.05, 4.69) is 39.5 Å². The summed E-state index contributed by atoms with van der Waals surface area (Å²) in [6.07, 6.45) is 6.70. The number of likely N-dealkylation sites (tertiary alicyclic amines) is 2. The SMILES string of the molecule is O=C(c1cn(C(c2ccccc2)c2ccccc2)nn1)N1CCC[C@@H](CN2CCCC2)C1. The van der Waals surface area contributed by atoms with E-state index in [0.29, 0.717) is 11.6 Å². The van der Waals surface area contributed by atoms with Gasteiger partial charge in [0.15, 0.2) is 5.69 Å². The maximum Gasteiger partial charge on any atom is 0.276 e. The Morgan fingerprint density at radius 1 is 0.906 bits per heavy atom. The van der Waals surface area contributed by atoms with E-state index in [-0.39, 0.29) is 11.9 Å². The number of rotatable bonds is 6. The summed E-state index contributed by atoms with van der Waals surface area (Å²) in [5.41, 5.74) is 2.67. The molecular formula is C26H31N5O. The lowest BCUT2D eigenvalue weighted by molar-refractivity contribution is 0.0642. The highest BCUT2D eigenvalue weighted by atomic mass is 16.2. The Morgan fingerprint density at radius 3 is 2.22 bits per heavy atom. The first-order chi connectivity index (χ1) is 15.8. The fraction of sp³-hybridized carbons (Fsp3) is 0.423.